The average molecular weight is 465 g/mol. The standard InChI is InChI=1S/C16H27N5OS.HI/c1-12-18-9-13(23-12)10-19-15(17-2)20-11-16(7-5-6-8-16)14(22)21(3)4;/h9H,5-8,10-11H2,1-4H3,(H2,17,19,20);1H. The van der Waals surface area contributed by atoms with E-state index < -0.39 is 0 Å². The minimum atomic E-state index is -0.289. The predicted octanol–water partition coefficient (Wildman–Crippen LogP) is 2.38. The second-order valence-corrected chi connectivity index (χ2v) is 7.63. The Hall–Kier alpha value is -0.900. The molecular weight excluding hydrogens is 437 g/mol. The van der Waals surface area contributed by atoms with Crippen LogP contribution in [0.2, 0.25) is 0 Å². The zero-order valence-electron chi connectivity index (χ0n) is 14.9. The number of hydrogen-bond acceptors (Lipinski definition) is 4. The first-order chi connectivity index (χ1) is 11.0. The molecule has 2 N–H and O–H groups in total. The number of amides is 1. The molecule has 136 valence electrons. The molecule has 6 nitrogen and oxygen atoms in total. The number of nitrogens with zero attached hydrogens (tertiary/aromatic N) is 3. The van der Waals surface area contributed by atoms with Crippen LogP contribution in [0.15, 0.2) is 11.2 Å². The highest BCUT2D eigenvalue weighted by molar-refractivity contribution is 14.0. The first kappa shape index (κ1) is 21.1. The van der Waals surface area contributed by atoms with Gasteiger partial charge in [0.25, 0.3) is 0 Å². The number of aliphatic imine (C=N–C) groups is 1. The van der Waals surface area contributed by atoms with Crippen molar-refractivity contribution in [3.8, 4) is 0 Å². The summed E-state index contributed by atoms with van der Waals surface area (Å²) < 4.78 is 0. The molecule has 0 atom stereocenters. The lowest BCUT2D eigenvalue weighted by Gasteiger charge is -2.31. The van der Waals surface area contributed by atoms with Crippen LogP contribution in [-0.2, 0) is 11.3 Å². The molecule has 24 heavy (non-hydrogen) atoms. The van der Waals surface area contributed by atoms with Crippen LogP contribution in [0, 0.1) is 12.3 Å². The molecule has 0 saturated heterocycles. The topological polar surface area (TPSA) is 69.6 Å². The molecule has 1 aromatic heterocycles. The van der Waals surface area contributed by atoms with Crippen LogP contribution < -0.4 is 10.6 Å². The highest BCUT2D eigenvalue weighted by Gasteiger charge is 2.42. The first-order valence-electron chi connectivity index (χ1n) is 8.04. The third-order valence-electron chi connectivity index (χ3n) is 4.34. The van der Waals surface area contributed by atoms with Gasteiger partial charge in [-0.25, -0.2) is 4.98 Å². The Bertz CT molecular complexity index is 567. The van der Waals surface area contributed by atoms with Crippen LogP contribution in [0.5, 0.6) is 0 Å². The van der Waals surface area contributed by atoms with Gasteiger partial charge >= 0.3 is 0 Å². The SMILES string of the molecule is CN=C(NCc1cnc(C)s1)NCC1(C(=O)N(C)C)CCCC1.I. The van der Waals surface area contributed by atoms with Gasteiger partial charge in [-0.05, 0) is 19.8 Å². The molecule has 1 heterocycles. The smallest absolute Gasteiger partial charge is 0.230 e. The van der Waals surface area contributed by atoms with Gasteiger partial charge < -0.3 is 15.5 Å². The van der Waals surface area contributed by atoms with Gasteiger partial charge in [0, 0.05) is 38.8 Å². The lowest BCUT2D eigenvalue weighted by Crippen LogP contribution is -2.49. The van der Waals surface area contributed by atoms with Crippen molar-refractivity contribution in [1.29, 1.82) is 0 Å². The average Bonchev–Trinajstić information content (AvgIpc) is 3.16. The summed E-state index contributed by atoms with van der Waals surface area (Å²) >= 11 is 1.67. The maximum atomic E-state index is 12.6. The van der Waals surface area contributed by atoms with Crippen molar-refractivity contribution in [2.45, 2.75) is 39.2 Å². The molecule has 0 aromatic carbocycles. The van der Waals surface area contributed by atoms with Crippen LogP contribution >= 0.6 is 35.3 Å². The number of aromatic nitrogens is 1. The lowest BCUT2D eigenvalue weighted by atomic mass is 9.84. The number of carbonyl (C=O) groups excluding carboxylic acids is 1. The number of halogens is 1. The number of carbonyl (C=O) groups is 1. The van der Waals surface area contributed by atoms with Crippen molar-refractivity contribution in [1.82, 2.24) is 20.5 Å². The summed E-state index contributed by atoms with van der Waals surface area (Å²) in [7, 11) is 5.42. The Morgan fingerprint density at radius 1 is 1.38 bits per heavy atom. The summed E-state index contributed by atoms with van der Waals surface area (Å²) in [5, 5.41) is 7.69. The monoisotopic (exact) mass is 465 g/mol. The van der Waals surface area contributed by atoms with Crippen molar-refractivity contribution >= 4 is 47.2 Å². The molecule has 8 heteroatoms. The first-order valence-corrected chi connectivity index (χ1v) is 8.86. The number of rotatable bonds is 5. The van der Waals surface area contributed by atoms with Crippen LogP contribution in [0.4, 0.5) is 0 Å². The van der Waals surface area contributed by atoms with E-state index in [-0.39, 0.29) is 35.3 Å². The quantitative estimate of drug-likeness (QED) is 0.398. The summed E-state index contributed by atoms with van der Waals surface area (Å²) in [4.78, 5) is 24.0. The van der Waals surface area contributed by atoms with E-state index in [0.29, 0.717) is 13.1 Å². The van der Waals surface area contributed by atoms with E-state index in [1.807, 2.05) is 27.2 Å². The fourth-order valence-electron chi connectivity index (χ4n) is 3.12. The van der Waals surface area contributed by atoms with Crippen molar-refractivity contribution < 1.29 is 4.79 Å². The van der Waals surface area contributed by atoms with Gasteiger partial charge in [0.1, 0.15) is 0 Å². The van der Waals surface area contributed by atoms with Gasteiger partial charge in [-0.2, -0.15) is 0 Å². The maximum absolute atomic E-state index is 12.6. The molecule has 0 radical (unpaired) electrons. The Morgan fingerprint density at radius 3 is 2.54 bits per heavy atom. The molecule has 1 fully saturated rings. The Balaban J connectivity index is 0.00000288. The van der Waals surface area contributed by atoms with E-state index in [4.69, 9.17) is 0 Å². The van der Waals surface area contributed by atoms with E-state index >= 15 is 0 Å². The van der Waals surface area contributed by atoms with E-state index in [0.717, 1.165) is 36.7 Å². The van der Waals surface area contributed by atoms with E-state index in [1.165, 1.54) is 4.88 Å². The minimum Gasteiger partial charge on any atom is -0.355 e. The summed E-state index contributed by atoms with van der Waals surface area (Å²) in [6.45, 7) is 3.32. The number of guanidine groups is 1. The Kier molecular flexibility index (Phi) is 8.41. The van der Waals surface area contributed by atoms with Gasteiger partial charge in [-0.3, -0.25) is 9.79 Å². The molecule has 0 bridgehead atoms. The zero-order chi connectivity index (χ0) is 16.9. The summed E-state index contributed by atoms with van der Waals surface area (Å²) in [6, 6.07) is 0. The third kappa shape index (κ3) is 5.30. The number of thiazole rings is 1. The highest BCUT2D eigenvalue weighted by Crippen LogP contribution is 2.38. The zero-order valence-corrected chi connectivity index (χ0v) is 18.0. The fraction of sp³-hybridized carbons (Fsp3) is 0.688. The summed E-state index contributed by atoms with van der Waals surface area (Å²) in [5.74, 6) is 0.949. The van der Waals surface area contributed by atoms with Crippen molar-refractivity contribution in [3.05, 3.63) is 16.1 Å². The van der Waals surface area contributed by atoms with Crippen LogP contribution in [0.1, 0.15) is 35.6 Å². The maximum Gasteiger partial charge on any atom is 0.230 e. The molecule has 1 aliphatic carbocycles. The van der Waals surface area contributed by atoms with Gasteiger partial charge in [0.15, 0.2) is 5.96 Å². The predicted molar refractivity (Wildman–Crippen MR) is 110 cm³/mol. The summed E-state index contributed by atoms with van der Waals surface area (Å²) in [5.41, 5.74) is -0.289. The second kappa shape index (κ2) is 9.55. The van der Waals surface area contributed by atoms with Crippen LogP contribution in [-0.4, -0.2) is 49.4 Å². The van der Waals surface area contributed by atoms with Gasteiger partial charge in [-0.15, -0.1) is 35.3 Å². The molecule has 0 unspecified atom stereocenters. The van der Waals surface area contributed by atoms with Crippen molar-refractivity contribution in [2.24, 2.45) is 10.4 Å². The highest BCUT2D eigenvalue weighted by atomic mass is 127. The van der Waals surface area contributed by atoms with Crippen LogP contribution in [0.3, 0.4) is 0 Å². The van der Waals surface area contributed by atoms with Gasteiger partial charge in [0.05, 0.1) is 17.0 Å². The lowest BCUT2D eigenvalue weighted by molar-refractivity contribution is -0.138. The Morgan fingerprint density at radius 2 is 2.04 bits per heavy atom. The normalized spacial score (nSPS) is 16.4. The third-order valence-corrected chi connectivity index (χ3v) is 5.25. The second-order valence-electron chi connectivity index (χ2n) is 6.31. The molecule has 1 amide bonds. The number of hydrogen-bond donors (Lipinski definition) is 2. The van der Waals surface area contributed by atoms with Gasteiger partial charge in [0.2, 0.25) is 5.91 Å². The molecule has 0 aliphatic heterocycles. The molecule has 0 spiro atoms. The van der Waals surface area contributed by atoms with Crippen molar-refractivity contribution in [3.63, 3.8) is 0 Å². The molecule has 1 saturated carbocycles. The number of nitrogens with one attached hydrogen (secondary N) is 2. The summed E-state index contributed by atoms with van der Waals surface area (Å²) in [6.07, 6.45) is 6.01. The molecule has 2 rings (SSSR count). The number of aryl methyl sites for hydroxylation is 1. The largest absolute Gasteiger partial charge is 0.355 e. The van der Waals surface area contributed by atoms with Gasteiger partial charge in [-0.1, -0.05) is 12.8 Å². The molecule has 1 aliphatic rings. The van der Waals surface area contributed by atoms with E-state index in [9.17, 15) is 4.79 Å². The fourth-order valence-corrected chi connectivity index (χ4v) is 3.86. The minimum absolute atomic E-state index is 0. The Labute approximate surface area is 165 Å². The van der Waals surface area contributed by atoms with E-state index in [1.54, 1.807) is 23.3 Å². The van der Waals surface area contributed by atoms with Crippen molar-refractivity contribution in [2.75, 3.05) is 27.7 Å². The molecular formula is C16H28IN5OS. The molecule has 1 aromatic rings. The van der Waals surface area contributed by atoms with E-state index in [2.05, 4.69) is 20.6 Å². The van der Waals surface area contributed by atoms with Crippen LogP contribution in [0.25, 0.3) is 0 Å².